The summed E-state index contributed by atoms with van der Waals surface area (Å²) in [7, 11) is -2.18. The molecule has 0 bridgehead atoms. The van der Waals surface area contributed by atoms with Crippen molar-refractivity contribution < 1.29 is 18.3 Å². The number of benzene rings is 1. The second kappa shape index (κ2) is 5.87. The first kappa shape index (κ1) is 15.5. The molecule has 0 aliphatic carbocycles. The van der Waals surface area contributed by atoms with Crippen molar-refractivity contribution in [2.75, 3.05) is 11.4 Å². The molecule has 0 aliphatic heterocycles. The standard InChI is InChI=1S/C14H15NO4S2/c1-10-3-5-11(6-4-10)15(2)21(18,19)14-8-7-12(20-14)9-13(16)17/h3-8H,9H2,1-2H3,(H,16,17). The van der Waals surface area contributed by atoms with E-state index in [1.165, 1.54) is 23.5 Å². The maximum atomic E-state index is 12.5. The lowest BCUT2D eigenvalue weighted by molar-refractivity contribution is -0.136. The summed E-state index contributed by atoms with van der Waals surface area (Å²) >= 11 is 0.984. The Balaban J connectivity index is 2.30. The molecule has 0 radical (unpaired) electrons. The number of thiophene rings is 1. The van der Waals surface area contributed by atoms with Gasteiger partial charge in [0.1, 0.15) is 4.21 Å². The van der Waals surface area contributed by atoms with Crippen LogP contribution in [0.2, 0.25) is 0 Å². The number of hydrogen-bond acceptors (Lipinski definition) is 4. The molecule has 0 fully saturated rings. The van der Waals surface area contributed by atoms with Gasteiger partial charge < -0.3 is 5.11 Å². The highest BCUT2D eigenvalue weighted by molar-refractivity contribution is 7.94. The van der Waals surface area contributed by atoms with Gasteiger partial charge in [-0.05, 0) is 31.2 Å². The smallest absolute Gasteiger partial charge is 0.308 e. The molecule has 21 heavy (non-hydrogen) atoms. The topological polar surface area (TPSA) is 74.7 Å². The van der Waals surface area contributed by atoms with Crippen LogP contribution in [0.15, 0.2) is 40.6 Å². The third-order valence-electron chi connectivity index (χ3n) is 2.97. The zero-order valence-corrected chi connectivity index (χ0v) is 13.2. The highest BCUT2D eigenvalue weighted by Gasteiger charge is 2.23. The average Bonchev–Trinajstić information content (AvgIpc) is 2.87. The number of carbonyl (C=O) groups is 1. The van der Waals surface area contributed by atoms with Gasteiger partial charge in [0.2, 0.25) is 0 Å². The predicted molar refractivity (Wildman–Crippen MR) is 82.4 cm³/mol. The quantitative estimate of drug-likeness (QED) is 0.916. The number of hydrogen-bond donors (Lipinski definition) is 1. The number of sulfonamides is 1. The molecular weight excluding hydrogens is 310 g/mol. The van der Waals surface area contributed by atoms with Crippen molar-refractivity contribution >= 4 is 33.0 Å². The Kier molecular flexibility index (Phi) is 4.34. The van der Waals surface area contributed by atoms with Gasteiger partial charge in [0.05, 0.1) is 12.1 Å². The van der Waals surface area contributed by atoms with Crippen LogP contribution in [0.25, 0.3) is 0 Å². The van der Waals surface area contributed by atoms with Crippen LogP contribution in [0, 0.1) is 6.92 Å². The number of aryl methyl sites for hydroxylation is 1. The van der Waals surface area contributed by atoms with Crippen molar-refractivity contribution in [2.45, 2.75) is 17.6 Å². The fourth-order valence-corrected chi connectivity index (χ4v) is 4.48. The van der Waals surface area contributed by atoms with E-state index in [0.717, 1.165) is 16.9 Å². The Morgan fingerprint density at radius 1 is 1.19 bits per heavy atom. The van der Waals surface area contributed by atoms with Crippen LogP contribution in [0.4, 0.5) is 5.69 Å². The highest BCUT2D eigenvalue weighted by Crippen LogP contribution is 2.28. The van der Waals surface area contributed by atoms with Gasteiger partial charge in [0.15, 0.2) is 0 Å². The van der Waals surface area contributed by atoms with Crippen molar-refractivity contribution in [2.24, 2.45) is 0 Å². The minimum atomic E-state index is -3.66. The van der Waals surface area contributed by atoms with Crippen molar-refractivity contribution in [3.8, 4) is 0 Å². The van der Waals surface area contributed by atoms with Crippen molar-refractivity contribution in [3.05, 3.63) is 46.8 Å². The summed E-state index contributed by atoms with van der Waals surface area (Å²) in [5, 5.41) is 8.74. The summed E-state index contributed by atoms with van der Waals surface area (Å²) in [5.41, 5.74) is 1.61. The van der Waals surface area contributed by atoms with Crippen LogP contribution < -0.4 is 4.31 Å². The van der Waals surface area contributed by atoms with Gasteiger partial charge in [0.25, 0.3) is 10.0 Å². The van der Waals surface area contributed by atoms with Crippen molar-refractivity contribution in [1.29, 1.82) is 0 Å². The Labute approximate surface area is 127 Å². The van der Waals surface area contributed by atoms with Gasteiger partial charge in [-0.2, -0.15) is 0 Å². The maximum absolute atomic E-state index is 12.5. The average molecular weight is 325 g/mol. The molecule has 112 valence electrons. The highest BCUT2D eigenvalue weighted by atomic mass is 32.2. The first-order valence-corrected chi connectivity index (χ1v) is 8.42. The van der Waals surface area contributed by atoms with E-state index in [-0.39, 0.29) is 10.6 Å². The monoisotopic (exact) mass is 325 g/mol. The third-order valence-corrected chi connectivity index (χ3v) is 6.31. The minimum absolute atomic E-state index is 0.141. The zero-order valence-electron chi connectivity index (χ0n) is 11.6. The molecule has 5 nitrogen and oxygen atoms in total. The molecule has 1 aromatic carbocycles. The Bertz CT molecular complexity index is 748. The second-order valence-corrected chi connectivity index (χ2v) is 7.96. The zero-order chi connectivity index (χ0) is 15.6. The Morgan fingerprint density at radius 2 is 1.81 bits per heavy atom. The summed E-state index contributed by atoms with van der Waals surface area (Å²) in [5.74, 6) is -0.979. The van der Waals surface area contributed by atoms with Crippen molar-refractivity contribution in [3.63, 3.8) is 0 Å². The number of rotatable bonds is 5. The van der Waals surface area contributed by atoms with E-state index in [0.29, 0.717) is 10.6 Å². The van der Waals surface area contributed by atoms with Crippen LogP contribution in [0.3, 0.4) is 0 Å². The van der Waals surface area contributed by atoms with E-state index >= 15 is 0 Å². The van der Waals surface area contributed by atoms with Crippen LogP contribution >= 0.6 is 11.3 Å². The largest absolute Gasteiger partial charge is 0.481 e. The SMILES string of the molecule is Cc1ccc(N(C)S(=O)(=O)c2ccc(CC(=O)O)s2)cc1. The molecule has 1 heterocycles. The van der Waals surface area contributed by atoms with E-state index < -0.39 is 16.0 Å². The normalized spacial score (nSPS) is 11.3. The molecule has 0 unspecified atom stereocenters. The van der Waals surface area contributed by atoms with Gasteiger partial charge in [-0.25, -0.2) is 8.42 Å². The molecule has 0 spiro atoms. The van der Waals surface area contributed by atoms with Crippen LogP contribution in [-0.2, 0) is 21.2 Å². The summed E-state index contributed by atoms with van der Waals surface area (Å²) in [6.45, 7) is 1.93. The van der Waals surface area contributed by atoms with Gasteiger partial charge in [-0.1, -0.05) is 17.7 Å². The summed E-state index contributed by atoms with van der Waals surface area (Å²) < 4.78 is 26.3. The molecule has 1 N–H and O–H groups in total. The molecule has 7 heteroatoms. The second-order valence-electron chi connectivity index (χ2n) is 4.60. The molecule has 1 aromatic heterocycles. The number of anilines is 1. The first-order valence-electron chi connectivity index (χ1n) is 6.17. The molecule has 0 atom stereocenters. The number of carboxylic acid groups (broad SMARTS) is 1. The number of aliphatic carboxylic acids is 1. The van der Waals surface area contributed by atoms with Crippen molar-refractivity contribution in [1.82, 2.24) is 0 Å². The lowest BCUT2D eigenvalue weighted by Crippen LogP contribution is -2.25. The number of nitrogens with zero attached hydrogens (tertiary/aromatic N) is 1. The summed E-state index contributed by atoms with van der Waals surface area (Å²) in [4.78, 5) is 11.2. The van der Waals surface area contributed by atoms with E-state index in [9.17, 15) is 13.2 Å². The van der Waals surface area contributed by atoms with Gasteiger partial charge >= 0.3 is 5.97 Å². The van der Waals surface area contributed by atoms with E-state index in [2.05, 4.69) is 0 Å². The molecule has 0 aliphatic rings. The lowest BCUT2D eigenvalue weighted by atomic mass is 10.2. The number of carboxylic acids is 1. The minimum Gasteiger partial charge on any atom is -0.481 e. The molecule has 0 amide bonds. The Hall–Kier alpha value is -1.86. The molecule has 0 saturated carbocycles. The van der Waals surface area contributed by atoms with Crippen LogP contribution in [-0.4, -0.2) is 26.5 Å². The van der Waals surface area contributed by atoms with E-state index in [1.807, 2.05) is 19.1 Å². The van der Waals surface area contributed by atoms with E-state index in [1.54, 1.807) is 12.1 Å². The van der Waals surface area contributed by atoms with Gasteiger partial charge in [0, 0.05) is 11.9 Å². The molecule has 2 aromatic rings. The summed E-state index contributed by atoms with van der Waals surface area (Å²) in [6, 6.07) is 10.1. The summed E-state index contributed by atoms with van der Waals surface area (Å²) in [6.07, 6.45) is -0.172. The van der Waals surface area contributed by atoms with Crippen LogP contribution in [0.5, 0.6) is 0 Å². The van der Waals surface area contributed by atoms with Gasteiger partial charge in [-0.15, -0.1) is 11.3 Å². The fraction of sp³-hybridized carbons (Fsp3) is 0.214. The van der Waals surface area contributed by atoms with Crippen LogP contribution in [0.1, 0.15) is 10.4 Å². The first-order chi connectivity index (χ1) is 9.80. The molecular formula is C14H15NO4S2. The molecule has 0 saturated heterocycles. The lowest BCUT2D eigenvalue weighted by Gasteiger charge is -2.18. The Morgan fingerprint density at radius 3 is 2.38 bits per heavy atom. The van der Waals surface area contributed by atoms with E-state index in [4.69, 9.17) is 5.11 Å². The maximum Gasteiger partial charge on any atom is 0.308 e. The predicted octanol–water partition coefficient (Wildman–Crippen LogP) is 2.51. The molecule has 2 rings (SSSR count). The van der Waals surface area contributed by atoms with Gasteiger partial charge in [-0.3, -0.25) is 9.10 Å². The fourth-order valence-electron chi connectivity index (χ4n) is 1.77. The third kappa shape index (κ3) is 3.43.